The molecule has 1 unspecified atom stereocenters. The number of carbonyl (C=O) groups excluding carboxylic acids is 1. The van der Waals surface area contributed by atoms with Gasteiger partial charge in [-0.05, 0) is 49.1 Å². The molecule has 0 saturated heterocycles. The largest absolute Gasteiger partial charge is 0.399 e. The van der Waals surface area contributed by atoms with Crippen LogP contribution in [0.1, 0.15) is 25.3 Å². The van der Waals surface area contributed by atoms with Crippen LogP contribution in [-0.2, 0) is 11.2 Å². The molecule has 0 fully saturated rings. The molecule has 1 aliphatic heterocycles. The lowest BCUT2D eigenvalue weighted by molar-refractivity contribution is -0.118. The monoisotopic (exact) mass is 247 g/mol. The van der Waals surface area contributed by atoms with Crippen molar-refractivity contribution in [2.24, 2.45) is 11.7 Å². The van der Waals surface area contributed by atoms with Gasteiger partial charge >= 0.3 is 0 Å². The number of amides is 1. The van der Waals surface area contributed by atoms with Gasteiger partial charge in [0, 0.05) is 24.3 Å². The number of fused-ring (bicyclic) bond motifs is 1. The van der Waals surface area contributed by atoms with Gasteiger partial charge in [0.05, 0.1) is 0 Å². The van der Waals surface area contributed by atoms with E-state index < -0.39 is 0 Å². The first kappa shape index (κ1) is 12.9. The van der Waals surface area contributed by atoms with Crippen molar-refractivity contribution in [1.29, 1.82) is 0 Å². The van der Waals surface area contributed by atoms with E-state index in [4.69, 9.17) is 11.5 Å². The van der Waals surface area contributed by atoms with Crippen LogP contribution in [0.5, 0.6) is 0 Å². The lowest BCUT2D eigenvalue weighted by Crippen LogP contribution is -2.37. The van der Waals surface area contributed by atoms with Crippen molar-refractivity contribution in [3.8, 4) is 0 Å². The van der Waals surface area contributed by atoms with Crippen molar-refractivity contribution < 1.29 is 4.79 Å². The van der Waals surface area contributed by atoms with Crippen LogP contribution in [-0.4, -0.2) is 19.0 Å². The quantitative estimate of drug-likeness (QED) is 0.793. The minimum Gasteiger partial charge on any atom is -0.399 e. The molecule has 2 rings (SSSR count). The van der Waals surface area contributed by atoms with Crippen LogP contribution in [0, 0.1) is 5.92 Å². The molecule has 0 spiro atoms. The standard InChI is InChI=1S/C14H21N3O/c1-10(9-15)6-7-17-13-4-3-12(16)8-11(13)2-5-14(17)18/h3-4,8,10H,2,5-7,9,15-16H2,1H3. The predicted octanol–water partition coefficient (Wildman–Crippen LogP) is 1.53. The maximum absolute atomic E-state index is 12.0. The Balaban J connectivity index is 2.17. The number of aryl methyl sites for hydroxylation is 1. The number of nitrogen functional groups attached to an aromatic ring is 1. The zero-order chi connectivity index (χ0) is 13.1. The van der Waals surface area contributed by atoms with Crippen LogP contribution >= 0.6 is 0 Å². The van der Waals surface area contributed by atoms with Crippen LogP contribution in [0.3, 0.4) is 0 Å². The molecule has 4 heteroatoms. The number of rotatable bonds is 4. The van der Waals surface area contributed by atoms with Gasteiger partial charge in [-0.1, -0.05) is 6.92 Å². The first-order valence-electron chi connectivity index (χ1n) is 6.50. The number of nitrogens with zero attached hydrogens (tertiary/aromatic N) is 1. The van der Waals surface area contributed by atoms with Crippen molar-refractivity contribution in [1.82, 2.24) is 0 Å². The smallest absolute Gasteiger partial charge is 0.227 e. The van der Waals surface area contributed by atoms with Crippen LogP contribution in [0.2, 0.25) is 0 Å². The van der Waals surface area contributed by atoms with Gasteiger partial charge in [0.15, 0.2) is 0 Å². The van der Waals surface area contributed by atoms with Crippen molar-refractivity contribution >= 4 is 17.3 Å². The third-order valence-corrected chi connectivity index (χ3v) is 3.55. The molecule has 4 N–H and O–H groups in total. The van der Waals surface area contributed by atoms with Crippen LogP contribution < -0.4 is 16.4 Å². The summed E-state index contributed by atoms with van der Waals surface area (Å²) in [5.41, 5.74) is 14.4. The van der Waals surface area contributed by atoms with Crippen molar-refractivity contribution in [3.05, 3.63) is 23.8 Å². The van der Waals surface area contributed by atoms with Crippen molar-refractivity contribution in [3.63, 3.8) is 0 Å². The van der Waals surface area contributed by atoms with E-state index in [0.717, 1.165) is 30.8 Å². The first-order valence-corrected chi connectivity index (χ1v) is 6.50. The fraction of sp³-hybridized carbons (Fsp3) is 0.500. The molecule has 1 aromatic carbocycles. The average molecular weight is 247 g/mol. The minimum atomic E-state index is 0.205. The van der Waals surface area contributed by atoms with Crippen LogP contribution in [0.4, 0.5) is 11.4 Å². The summed E-state index contributed by atoms with van der Waals surface area (Å²) in [5.74, 6) is 0.647. The van der Waals surface area contributed by atoms with Crippen molar-refractivity contribution in [2.45, 2.75) is 26.2 Å². The van der Waals surface area contributed by atoms with Crippen molar-refractivity contribution in [2.75, 3.05) is 23.7 Å². The minimum absolute atomic E-state index is 0.205. The van der Waals surface area contributed by atoms with E-state index in [2.05, 4.69) is 6.92 Å². The summed E-state index contributed by atoms with van der Waals surface area (Å²) in [6.07, 6.45) is 2.31. The molecule has 0 aromatic heterocycles. The Morgan fingerprint density at radius 1 is 1.39 bits per heavy atom. The van der Waals surface area contributed by atoms with E-state index in [1.807, 2.05) is 23.1 Å². The number of hydrogen-bond acceptors (Lipinski definition) is 3. The second kappa shape index (κ2) is 5.40. The lowest BCUT2D eigenvalue weighted by Gasteiger charge is -2.30. The molecule has 0 radical (unpaired) electrons. The Morgan fingerprint density at radius 2 is 2.17 bits per heavy atom. The van der Waals surface area contributed by atoms with Gasteiger partial charge in [-0.2, -0.15) is 0 Å². The molecule has 1 amide bonds. The molecular formula is C14H21N3O. The molecule has 1 atom stereocenters. The Morgan fingerprint density at radius 3 is 2.89 bits per heavy atom. The fourth-order valence-corrected chi connectivity index (χ4v) is 2.29. The highest BCUT2D eigenvalue weighted by Crippen LogP contribution is 2.29. The highest BCUT2D eigenvalue weighted by Gasteiger charge is 2.24. The van der Waals surface area contributed by atoms with E-state index in [1.165, 1.54) is 5.56 Å². The maximum Gasteiger partial charge on any atom is 0.227 e. The zero-order valence-electron chi connectivity index (χ0n) is 10.9. The fourth-order valence-electron chi connectivity index (χ4n) is 2.29. The van der Waals surface area contributed by atoms with Crippen LogP contribution in [0.25, 0.3) is 0 Å². The maximum atomic E-state index is 12.0. The van der Waals surface area contributed by atoms with Gasteiger partial charge in [-0.25, -0.2) is 0 Å². The number of nitrogens with two attached hydrogens (primary N) is 2. The lowest BCUT2D eigenvalue weighted by atomic mass is 9.99. The summed E-state index contributed by atoms with van der Waals surface area (Å²) in [6, 6.07) is 5.78. The van der Waals surface area contributed by atoms with Gasteiger partial charge < -0.3 is 16.4 Å². The van der Waals surface area contributed by atoms with E-state index >= 15 is 0 Å². The highest BCUT2D eigenvalue weighted by molar-refractivity contribution is 5.96. The third kappa shape index (κ3) is 2.64. The highest BCUT2D eigenvalue weighted by atomic mass is 16.2. The molecular weight excluding hydrogens is 226 g/mol. The molecule has 1 aromatic rings. The summed E-state index contributed by atoms with van der Waals surface area (Å²) in [5, 5.41) is 0. The molecule has 4 nitrogen and oxygen atoms in total. The van der Waals surface area contributed by atoms with E-state index in [1.54, 1.807) is 0 Å². The summed E-state index contributed by atoms with van der Waals surface area (Å²) in [6.45, 7) is 3.52. The molecule has 0 bridgehead atoms. The second-order valence-corrected chi connectivity index (χ2v) is 5.06. The molecule has 18 heavy (non-hydrogen) atoms. The van der Waals surface area contributed by atoms with E-state index in [0.29, 0.717) is 18.9 Å². The molecule has 1 aliphatic rings. The SMILES string of the molecule is CC(CN)CCN1C(=O)CCc2cc(N)ccc21. The van der Waals surface area contributed by atoms with Gasteiger partial charge in [0.1, 0.15) is 0 Å². The summed E-state index contributed by atoms with van der Waals surface area (Å²) in [7, 11) is 0. The third-order valence-electron chi connectivity index (χ3n) is 3.55. The van der Waals surface area contributed by atoms with Crippen LogP contribution in [0.15, 0.2) is 18.2 Å². The number of benzene rings is 1. The van der Waals surface area contributed by atoms with Gasteiger partial charge in [-0.15, -0.1) is 0 Å². The Kier molecular flexibility index (Phi) is 3.87. The Bertz CT molecular complexity index is 445. The van der Waals surface area contributed by atoms with Gasteiger partial charge in [0.25, 0.3) is 0 Å². The normalized spacial score (nSPS) is 16.6. The summed E-state index contributed by atoms with van der Waals surface area (Å²) in [4.78, 5) is 13.9. The Hall–Kier alpha value is -1.55. The topological polar surface area (TPSA) is 72.3 Å². The average Bonchev–Trinajstić information content (AvgIpc) is 2.37. The van der Waals surface area contributed by atoms with Gasteiger partial charge in [0.2, 0.25) is 5.91 Å². The summed E-state index contributed by atoms with van der Waals surface area (Å²) >= 11 is 0. The number of carbonyl (C=O) groups is 1. The predicted molar refractivity (Wildman–Crippen MR) is 74.4 cm³/mol. The zero-order valence-corrected chi connectivity index (χ0v) is 10.9. The number of hydrogen-bond donors (Lipinski definition) is 2. The van der Waals surface area contributed by atoms with E-state index in [9.17, 15) is 4.79 Å². The first-order chi connectivity index (χ1) is 8.61. The molecule has 0 saturated carbocycles. The number of anilines is 2. The van der Waals surface area contributed by atoms with Gasteiger partial charge in [-0.3, -0.25) is 4.79 Å². The van der Waals surface area contributed by atoms with E-state index in [-0.39, 0.29) is 5.91 Å². The second-order valence-electron chi connectivity index (χ2n) is 5.06. The summed E-state index contributed by atoms with van der Waals surface area (Å²) < 4.78 is 0. The molecule has 0 aliphatic carbocycles. The molecule has 1 heterocycles. The Labute approximate surface area is 108 Å². The molecule has 98 valence electrons.